The van der Waals surface area contributed by atoms with Gasteiger partial charge in [0.25, 0.3) is 0 Å². The Morgan fingerprint density at radius 2 is 1.94 bits per heavy atom. The zero-order chi connectivity index (χ0) is 23.4. The van der Waals surface area contributed by atoms with Crippen LogP contribution in [0.3, 0.4) is 0 Å². The molecule has 0 spiro atoms. The number of anilines is 1. The number of nitrogens with one attached hydrogen (secondary N) is 1. The standard InChI is InChI=1S/C23H22ClN5O2S2/c1-14-4-9-18(10-15(14)2)31-11-20-27-28-23(29(20)3)33-13-21(30)26-22-25-19(12-32-22)16-5-7-17(24)8-6-16/h4-10,12H,11,13H2,1-3H3,(H,25,26,30). The number of amides is 1. The van der Waals surface area contributed by atoms with E-state index in [1.165, 1.54) is 34.2 Å². The molecule has 2 aromatic carbocycles. The van der Waals surface area contributed by atoms with Gasteiger partial charge < -0.3 is 14.6 Å². The molecule has 0 saturated carbocycles. The number of nitrogens with zero attached hydrogens (tertiary/aromatic N) is 4. The lowest BCUT2D eigenvalue weighted by molar-refractivity contribution is -0.113. The molecular weight excluding hydrogens is 478 g/mol. The number of aryl methyl sites for hydroxylation is 2. The first-order valence-corrected chi connectivity index (χ1v) is 12.4. The minimum absolute atomic E-state index is 0.159. The summed E-state index contributed by atoms with van der Waals surface area (Å²) in [5.74, 6) is 1.51. The maximum atomic E-state index is 12.4. The lowest BCUT2D eigenvalue weighted by Crippen LogP contribution is -2.14. The third kappa shape index (κ3) is 5.93. The van der Waals surface area contributed by atoms with Crippen molar-refractivity contribution in [1.82, 2.24) is 19.7 Å². The quantitative estimate of drug-likeness (QED) is 0.321. The third-order valence-electron chi connectivity index (χ3n) is 4.99. The molecule has 2 heterocycles. The van der Waals surface area contributed by atoms with Crippen molar-refractivity contribution in [2.75, 3.05) is 11.1 Å². The number of hydrogen-bond donors (Lipinski definition) is 1. The normalized spacial score (nSPS) is 10.9. The molecule has 170 valence electrons. The van der Waals surface area contributed by atoms with Crippen LogP contribution in [0.15, 0.2) is 53.0 Å². The van der Waals surface area contributed by atoms with Crippen LogP contribution >= 0.6 is 34.7 Å². The van der Waals surface area contributed by atoms with E-state index in [0.29, 0.717) is 27.7 Å². The van der Waals surface area contributed by atoms with Crippen LogP contribution in [0.25, 0.3) is 11.3 Å². The second kappa shape index (κ2) is 10.4. The second-order valence-electron chi connectivity index (χ2n) is 7.37. The SMILES string of the molecule is Cc1ccc(OCc2nnc(SCC(=O)Nc3nc(-c4ccc(Cl)cc4)cs3)n2C)cc1C. The van der Waals surface area contributed by atoms with E-state index >= 15 is 0 Å². The molecule has 0 saturated heterocycles. The van der Waals surface area contributed by atoms with Gasteiger partial charge in [-0.05, 0) is 49.2 Å². The topological polar surface area (TPSA) is 81.9 Å². The molecular formula is C23H22ClN5O2S2. The number of aromatic nitrogens is 4. The molecule has 0 radical (unpaired) electrons. The van der Waals surface area contributed by atoms with Crippen LogP contribution < -0.4 is 10.1 Å². The van der Waals surface area contributed by atoms with Crippen molar-refractivity contribution in [2.24, 2.45) is 7.05 Å². The minimum Gasteiger partial charge on any atom is -0.486 e. The van der Waals surface area contributed by atoms with Gasteiger partial charge in [0.2, 0.25) is 5.91 Å². The van der Waals surface area contributed by atoms with E-state index in [9.17, 15) is 4.79 Å². The molecule has 1 N–H and O–H groups in total. The van der Waals surface area contributed by atoms with Crippen LogP contribution in [0.4, 0.5) is 5.13 Å². The fourth-order valence-electron chi connectivity index (χ4n) is 2.92. The number of rotatable bonds is 8. The number of halogens is 1. The summed E-state index contributed by atoms with van der Waals surface area (Å²) in [6, 6.07) is 13.4. The maximum absolute atomic E-state index is 12.4. The lowest BCUT2D eigenvalue weighted by Gasteiger charge is -2.08. The zero-order valence-electron chi connectivity index (χ0n) is 18.3. The van der Waals surface area contributed by atoms with E-state index in [1.807, 2.05) is 59.5 Å². The number of carbonyl (C=O) groups is 1. The van der Waals surface area contributed by atoms with Gasteiger partial charge in [-0.15, -0.1) is 21.5 Å². The van der Waals surface area contributed by atoms with Crippen LogP contribution in [0.1, 0.15) is 17.0 Å². The number of hydrogen-bond acceptors (Lipinski definition) is 7. The Morgan fingerprint density at radius 1 is 1.15 bits per heavy atom. The van der Waals surface area contributed by atoms with Crippen molar-refractivity contribution in [1.29, 1.82) is 0 Å². The first kappa shape index (κ1) is 23.3. The van der Waals surface area contributed by atoms with Crippen LogP contribution in [-0.2, 0) is 18.4 Å². The largest absolute Gasteiger partial charge is 0.486 e. The number of ether oxygens (including phenoxy) is 1. The summed E-state index contributed by atoms with van der Waals surface area (Å²) in [4.78, 5) is 16.9. The number of benzene rings is 2. The molecule has 4 aromatic rings. The monoisotopic (exact) mass is 499 g/mol. The van der Waals surface area contributed by atoms with Gasteiger partial charge in [-0.2, -0.15) is 0 Å². The van der Waals surface area contributed by atoms with E-state index in [4.69, 9.17) is 16.3 Å². The predicted molar refractivity (Wildman–Crippen MR) is 133 cm³/mol. The van der Waals surface area contributed by atoms with Gasteiger partial charge in [-0.1, -0.05) is 41.6 Å². The van der Waals surface area contributed by atoms with Crippen molar-refractivity contribution >= 4 is 45.7 Å². The van der Waals surface area contributed by atoms with Gasteiger partial charge in [0, 0.05) is 23.0 Å². The van der Waals surface area contributed by atoms with E-state index < -0.39 is 0 Å². The molecule has 0 fully saturated rings. The predicted octanol–water partition coefficient (Wildman–Crippen LogP) is 5.52. The van der Waals surface area contributed by atoms with Crippen molar-refractivity contribution in [2.45, 2.75) is 25.6 Å². The molecule has 0 bridgehead atoms. The Balaban J connectivity index is 1.29. The highest BCUT2D eigenvalue weighted by Crippen LogP contribution is 2.26. The molecule has 0 atom stereocenters. The zero-order valence-corrected chi connectivity index (χ0v) is 20.7. The van der Waals surface area contributed by atoms with Crippen molar-refractivity contribution in [3.63, 3.8) is 0 Å². The number of thioether (sulfide) groups is 1. The fraction of sp³-hybridized carbons (Fsp3) is 0.217. The van der Waals surface area contributed by atoms with E-state index in [0.717, 1.165) is 17.0 Å². The Kier molecular flexibility index (Phi) is 7.32. The van der Waals surface area contributed by atoms with Crippen LogP contribution in [-0.4, -0.2) is 31.4 Å². The Labute approximate surface area is 205 Å². The third-order valence-corrected chi connectivity index (χ3v) is 7.02. The van der Waals surface area contributed by atoms with E-state index in [2.05, 4.69) is 34.3 Å². The van der Waals surface area contributed by atoms with Crippen LogP contribution in [0.2, 0.25) is 5.02 Å². The Bertz CT molecular complexity index is 1270. The minimum atomic E-state index is -0.159. The summed E-state index contributed by atoms with van der Waals surface area (Å²) >= 11 is 8.62. The van der Waals surface area contributed by atoms with Crippen LogP contribution in [0, 0.1) is 13.8 Å². The summed E-state index contributed by atoms with van der Waals surface area (Å²) < 4.78 is 7.68. The molecule has 7 nitrogen and oxygen atoms in total. The summed E-state index contributed by atoms with van der Waals surface area (Å²) in [5, 5.41) is 15.0. The summed E-state index contributed by atoms with van der Waals surface area (Å²) in [7, 11) is 1.86. The highest BCUT2D eigenvalue weighted by atomic mass is 35.5. The average Bonchev–Trinajstić information content (AvgIpc) is 3.40. The summed E-state index contributed by atoms with van der Waals surface area (Å²) in [5.41, 5.74) is 4.13. The van der Waals surface area contributed by atoms with Gasteiger partial charge in [0.15, 0.2) is 16.1 Å². The van der Waals surface area contributed by atoms with Crippen molar-refractivity contribution < 1.29 is 9.53 Å². The van der Waals surface area contributed by atoms with Gasteiger partial charge in [0.05, 0.1) is 11.4 Å². The Hall–Kier alpha value is -2.88. The average molecular weight is 500 g/mol. The van der Waals surface area contributed by atoms with Gasteiger partial charge in [-0.25, -0.2) is 4.98 Å². The molecule has 4 rings (SSSR count). The molecule has 1 amide bonds. The van der Waals surface area contributed by atoms with E-state index in [1.54, 1.807) is 0 Å². The molecule has 0 aliphatic heterocycles. The number of thiazole rings is 1. The highest BCUT2D eigenvalue weighted by Gasteiger charge is 2.14. The number of carbonyl (C=O) groups excluding carboxylic acids is 1. The Morgan fingerprint density at radius 3 is 2.70 bits per heavy atom. The first-order valence-electron chi connectivity index (χ1n) is 10.1. The highest BCUT2D eigenvalue weighted by molar-refractivity contribution is 7.99. The molecule has 0 aliphatic carbocycles. The van der Waals surface area contributed by atoms with Crippen LogP contribution in [0.5, 0.6) is 5.75 Å². The molecule has 0 aliphatic rings. The molecule has 2 aromatic heterocycles. The van der Waals surface area contributed by atoms with Gasteiger partial charge in [0.1, 0.15) is 12.4 Å². The first-order chi connectivity index (χ1) is 15.9. The van der Waals surface area contributed by atoms with Gasteiger partial charge in [-0.3, -0.25) is 4.79 Å². The molecule has 10 heteroatoms. The molecule has 33 heavy (non-hydrogen) atoms. The van der Waals surface area contributed by atoms with E-state index in [-0.39, 0.29) is 11.7 Å². The second-order valence-corrected chi connectivity index (χ2v) is 9.61. The smallest absolute Gasteiger partial charge is 0.236 e. The lowest BCUT2D eigenvalue weighted by atomic mass is 10.1. The van der Waals surface area contributed by atoms with Gasteiger partial charge >= 0.3 is 0 Å². The maximum Gasteiger partial charge on any atom is 0.236 e. The van der Waals surface area contributed by atoms with Crippen molar-refractivity contribution in [3.8, 4) is 17.0 Å². The summed E-state index contributed by atoms with van der Waals surface area (Å²) in [6.07, 6.45) is 0. The fourth-order valence-corrected chi connectivity index (χ4v) is 4.51. The molecule has 0 unspecified atom stereocenters. The summed E-state index contributed by atoms with van der Waals surface area (Å²) in [6.45, 7) is 4.41. The van der Waals surface area contributed by atoms with Crippen molar-refractivity contribution in [3.05, 3.63) is 69.8 Å².